The van der Waals surface area contributed by atoms with Crippen LogP contribution in [-0.4, -0.2) is 7.05 Å². The minimum atomic E-state index is 0.466. The van der Waals surface area contributed by atoms with Gasteiger partial charge in [-0.05, 0) is 44.7 Å². The molecule has 18 heavy (non-hydrogen) atoms. The van der Waals surface area contributed by atoms with Gasteiger partial charge in [-0.1, -0.05) is 17.7 Å². The summed E-state index contributed by atoms with van der Waals surface area (Å²) in [6, 6.07) is 10.1. The summed E-state index contributed by atoms with van der Waals surface area (Å²) in [5, 5.41) is 3.05. The molecule has 0 saturated heterocycles. The molecule has 0 aliphatic rings. The molecule has 2 aromatic rings. The molecule has 0 amide bonds. The van der Waals surface area contributed by atoms with Crippen LogP contribution in [0.4, 0.5) is 0 Å². The van der Waals surface area contributed by atoms with E-state index in [-0.39, 0.29) is 0 Å². The highest BCUT2D eigenvalue weighted by molar-refractivity contribution is 5.35. The molecule has 0 fully saturated rings. The van der Waals surface area contributed by atoms with Gasteiger partial charge in [0.2, 0.25) is 0 Å². The van der Waals surface area contributed by atoms with Crippen LogP contribution >= 0.6 is 0 Å². The minimum absolute atomic E-state index is 0.466. The third-order valence-electron chi connectivity index (χ3n) is 2.77. The predicted octanol–water partition coefficient (Wildman–Crippen LogP) is 3.19. The first-order valence-corrected chi connectivity index (χ1v) is 6.11. The Morgan fingerprint density at radius 3 is 2.61 bits per heavy atom. The van der Waals surface area contributed by atoms with Crippen molar-refractivity contribution in [2.45, 2.75) is 27.0 Å². The lowest BCUT2D eigenvalue weighted by atomic mass is 10.1. The molecule has 0 atom stereocenters. The summed E-state index contributed by atoms with van der Waals surface area (Å²) in [6.07, 6.45) is 0. The average molecular weight is 245 g/mol. The number of nitrogens with one attached hydrogen (secondary N) is 1. The van der Waals surface area contributed by atoms with Crippen molar-refractivity contribution in [1.29, 1.82) is 0 Å². The van der Waals surface area contributed by atoms with Crippen LogP contribution in [0.2, 0.25) is 0 Å². The third kappa shape index (κ3) is 3.14. The Labute approximate surface area is 108 Å². The first-order chi connectivity index (χ1) is 8.69. The molecule has 0 saturated carbocycles. The van der Waals surface area contributed by atoms with Gasteiger partial charge in [0.05, 0.1) is 6.54 Å². The maximum Gasteiger partial charge on any atom is 0.146 e. The van der Waals surface area contributed by atoms with Crippen LogP contribution in [0.25, 0.3) is 0 Å². The van der Waals surface area contributed by atoms with Crippen molar-refractivity contribution in [2.24, 2.45) is 0 Å². The fourth-order valence-electron chi connectivity index (χ4n) is 1.88. The van der Waals surface area contributed by atoms with Crippen molar-refractivity contribution in [1.82, 2.24) is 5.32 Å². The molecule has 0 aliphatic heterocycles. The predicted molar refractivity (Wildman–Crippen MR) is 71.7 cm³/mol. The fraction of sp³-hybridized carbons (Fsp3) is 0.333. The molecule has 3 nitrogen and oxygen atoms in total. The van der Waals surface area contributed by atoms with Gasteiger partial charge in [0.1, 0.15) is 23.9 Å². The van der Waals surface area contributed by atoms with Crippen LogP contribution in [-0.2, 0) is 13.2 Å². The van der Waals surface area contributed by atoms with Crippen molar-refractivity contribution >= 4 is 0 Å². The van der Waals surface area contributed by atoms with E-state index in [1.165, 1.54) is 5.56 Å². The lowest BCUT2D eigenvalue weighted by Crippen LogP contribution is -2.03. The van der Waals surface area contributed by atoms with Crippen LogP contribution in [0.5, 0.6) is 5.75 Å². The molecular formula is C15H19NO2. The van der Waals surface area contributed by atoms with Gasteiger partial charge in [0.25, 0.3) is 0 Å². The van der Waals surface area contributed by atoms with Gasteiger partial charge in [-0.2, -0.15) is 0 Å². The smallest absolute Gasteiger partial charge is 0.146 e. The molecule has 1 N–H and O–H groups in total. The van der Waals surface area contributed by atoms with Crippen molar-refractivity contribution in [2.75, 3.05) is 7.05 Å². The van der Waals surface area contributed by atoms with Crippen molar-refractivity contribution in [3.05, 3.63) is 53.0 Å². The fourth-order valence-corrected chi connectivity index (χ4v) is 1.88. The second kappa shape index (κ2) is 5.74. The molecule has 0 radical (unpaired) electrons. The van der Waals surface area contributed by atoms with Crippen LogP contribution in [0.1, 0.15) is 22.6 Å². The summed E-state index contributed by atoms with van der Waals surface area (Å²) >= 11 is 0. The highest BCUT2D eigenvalue weighted by Crippen LogP contribution is 2.20. The zero-order chi connectivity index (χ0) is 13.0. The number of hydrogen-bond acceptors (Lipinski definition) is 3. The van der Waals surface area contributed by atoms with Gasteiger partial charge in [-0.15, -0.1) is 0 Å². The Kier molecular flexibility index (Phi) is 4.05. The lowest BCUT2D eigenvalue weighted by Gasteiger charge is -2.08. The SMILES string of the molecule is CNCc1ccc(COc2ccc(C)cc2C)o1. The van der Waals surface area contributed by atoms with Crippen LogP contribution in [0.15, 0.2) is 34.7 Å². The zero-order valence-electron chi connectivity index (χ0n) is 11.1. The van der Waals surface area contributed by atoms with Crippen molar-refractivity contribution in [3.8, 4) is 5.75 Å². The Morgan fingerprint density at radius 1 is 1.11 bits per heavy atom. The number of benzene rings is 1. The molecular weight excluding hydrogens is 226 g/mol. The normalized spacial score (nSPS) is 10.6. The molecule has 1 aromatic carbocycles. The van der Waals surface area contributed by atoms with E-state index in [0.29, 0.717) is 6.61 Å². The Bertz CT molecular complexity index is 517. The first kappa shape index (κ1) is 12.7. The second-order valence-corrected chi connectivity index (χ2v) is 4.46. The molecule has 0 bridgehead atoms. The largest absolute Gasteiger partial charge is 0.485 e. The van der Waals surface area contributed by atoms with Gasteiger partial charge in [-0.25, -0.2) is 0 Å². The van der Waals surface area contributed by atoms with Crippen LogP contribution < -0.4 is 10.1 Å². The molecule has 2 rings (SSSR count). The quantitative estimate of drug-likeness (QED) is 0.878. The number of rotatable bonds is 5. The van der Waals surface area contributed by atoms with Crippen LogP contribution in [0.3, 0.4) is 0 Å². The summed E-state index contributed by atoms with van der Waals surface area (Å²) < 4.78 is 11.4. The zero-order valence-corrected chi connectivity index (χ0v) is 11.1. The minimum Gasteiger partial charge on any atom is -0.485 e. The van der Waals surface area contributed by atoms with E-state index in [2.05, 4.69) is 31.3 Å². The Morgan fingerprint density at radius 2 is 1.89 bits per heavy atom. The summed E-state index contributed by atoms with van der Waals surface area (Å²) in [6.45, 7) is 5.33. The van der Waals surface area contributed by atoms with Gasteiger partial charge in [0, 0.05) is 0 Å². The van der Waals surface area contributed by atoms with Crippen molar-refractivity contribution in [3.63, 3.8) is 0 Å². The maximum atomic E-state index is 5.76. The van der Waals surface area contributed by atoms with E-state index in [1.807, 2.05) is 25.2 Å². The van der Waals surface area contributed by atoms with Gasteiger partial charge in [-0.3, -0.25) is 0 Å². The summed E-state index contributed by atoms with van der Waals surface area (Å²) in [5.74, 6) is 2.68. The van der Waals surface area contributed by atoms with E-state index in [1.54, 1.807) is 0 Å². The number of aryl methyl sites for hydroxylation is 2. The molecule has 1 heterocycles. The highest BCUT2D eigenvalue weighted by atomic mass is 16.5. The van der Waals surface area contributed by atoms with E-state index < -0.39 is 0 Å². The van der Waals surface area contributed by atoms with Crippen molar-refractivity contribution < 1.29 is 9.15 Å². The third-order valence-corrected chi connectivity index (χ3v) is 2.77. The molecule has 0 spiro atoms. The Balaban J connectivity index is 1.97. The van der Waals surface area contributed by atoms with Gasteiger partial charge < -0.3 is 14.5 Å². The van der Waals surface area contributed by atoms with Gasteiger partial charge in [0.15, 0.2) is 0 Å². The van der Waals surface area contributed by atoms with E-state index in [0.717, 1.165) is 29.4 Å². The summed E-state index contributed by atoms with van der Waals surface area (Å²) in [7, 11) is 1.90. The standard InChI is InChI=1S/C15H19NO2/c1-11-4-7-15(12(2)8-11)17-10-14-6-5-13(18-14)9-16-3/h4-8,16H,9-10H2,1-3H3. The molecule has 0 aliphatic carbocycles. The molecule has 1 aromatic heterocycles. The topological polar surface area (TPSA) is 34.4 Å². The molecule has 96 valence electrons. The molecule has 0 unspecified atom stereocenters. The van der Waals surface area contributed by atoms with E-state index in [9.17, 15) is 0 Å². The summed E-state index contributed by atoms with van der Waals surface area (Å²) in [5.41, 5.74) is 2.39. The second-order valence-electron chi connectivity index (χ2n) is 4.46. The number of hydrogen-bond donors (Lipinski definition) is 1. The Hall–Kier alpha value is -1.74. The van der Waals surface area contributed by atoms with E-state index in [4.69, 9.17) is 9.15 Å². The van der Waals surface area contributed by atoms with Gasteiger partial charge >= 0.3 is 0 Å². The van der Waals surface area contributed by atoms with Crippen LogP contribution in [0, 0.1) is 13.8 Å². The monoisotopic (exact) mass is 245 g/mol. The highest BCUT2D eigenvalue weighted by Gasteiger charge is 2.04. The van der Waals surface area contributed by atoms with E-state index >= 15 is 0 Å². The average Bonchev–Trinajstić information content (AvgIpc) is 2.76. The maximum absolute atomic E-state index is 5.76. The number of ether oxygens (including phenoxy) is 1. The summed E-state index contributed by atoms with van der Waals surface area (Å²) in [4.78, 5) is 0. The first-order valence-electron chi connectivity index (χ1n) is 6.11. The lowest BCUT2D eigenvalue weighted by molar-refractivity contribution is 0.264. The molecule has 3 heteroatoms. The number of furan rings is 1.